The molecule has 0 unspecified atom stereocenters. The smallest absolute Gasteiger partial charge is 0.146 e. The maximum atomic E-state index is 14.0. The van der Waals surface area contributed by atoms with E-state index in [4.69, 9.17) is 4.74 Å². The number of benzene rings is 1. The molecule has 1 heterocycles. The van der Waals surface area contributed by atoms with E-state index >= 15 is 0 Å². The van der Waals surface area contributed by atoms with Crippen LogP contribution in [0.4, 0.5) is 10.1 Å². The molecule has 1 aliphatic heterocycles. The Bertz CT molecular complexity index is 403. The summed E-state index contributed by atoms with van der Waals surface area (Å²) in [6.07, 6.45) is 1.21. The van der Waals surface area contributed by atoms with Crippen LogP contribution in [0, 0.1) is 5.82 Å². The first-order valence-electron chi connectivity index (χ1n) is 6.37. The van der Waals surface area contributed by atoms with E-state index in [0.717, 1.165) is 26.1 Å². The third-order valence-corrected chi connectivity index (χ3v) is 3.57. The van der Waals surface area contributed by atoms with Gasteiger partial charge >= 0.3 is 0 Å². The van der Waals surface area contributed by atoms with Crippen molar-refractivity contribution in [1.29, 1.82) is 0 Å². The lowest BCUT2D eigenvalue weighted by molar-refractivity contribution is 0.0853. The Morgan fingerprint density at radius 3 is 2.61 bits per heavy atom. The van der Waals surface area contributed by atoms with Gasteiger partial charge in [-0.05, 0) is 37.5 Å². The summed E-state index contributed by atoms with van der Waals surface area (Å²) in [5.74, 6) is -0.276. The molecule has 0 bridgehead atoms. The zero-order valence-corrected chi connectivity index (χ0v) is 10.9. The molecule has 1 aromatic carbocycles. The quantitative estimate of drug-likeness (QED) is 0.898. The molecular weight excluding hydrogens is 233 g/mol. The molecule has 1 aliphatic rings. The SMILES string of the molecule is C[C@@H](O)c1ccc(N(C)C2CCOCC2)c(F)c1. The fourth-order valence-electron chi connectivity index (χ4n) is 2.34. The molecule has 4 heteroatoms. The van der Waals surface area contributed by atoms with Crippen LogP contribution < -0.4 is 4.90 Å². The lowest BCUT2D eigenvalue weighted by atomic mass is 10.1. The van der Waals surface area contributed by atoms with Crippen LogP contribution in [0.2, 0.25) is 0 Å². The Morgan fingerprint density at radius 1 is 1.39 bits per heavy atom. The second-order valence-electron chi connectivity index (χ2n) is 4.84. The number of rotatable bonds is 3. The molecule has 18 heavy (non-hydrogen) atoms. The van der Waals surface area contributed by atoms with Gasteiger partial charge in [-0.15, -0.1) is 0 Å². The first-order chi connectivity index (χ1) is 8.59. The number of hydrogen-bond acceptors (Lipinski definition) is 3. The molecule has 1 atom stereocenters. The second kappa shape index (κ2) is 5.67. The molecule has 0 aromatic heterocycles. The van der Waals surface area contributed by atoms with Gasteiger partial charge in [-0.2, -0.15) is 0 Å². The maximum absolute atomic E-state index is 14.0. The highest BCUT2D eigenvalue weighted by molar-refractivity contribution is 5.49. The van der Waals surface area contributed by atoms with E-state index in [9.17, 15) is 9.50 Å². The summed E-state index contributed by atoms with van der Waals surface area (Å²) in [4.78, 5) is 1.98. The van der Waals surface area contributed by atoms with Gasteiger partial charge in [-0.25, -0.2) is 4.39 Å². The number of aliphatic hydroxyl groups excluding tert-OH is 1. The topological polar surface area (TPSA) is 32.7 Å². The van der Waals surface area contributed by atoms with E-state index in [1.54, 1.807) is 19.1 Å². The highest BCUT2D eigenvalue weighted by atomic mass is 19.1. The van der Waals surface area contributed by atoms with Crippen molar-refractivity contribution in [2.24, 2.45) is 0 Å². The van der Waals surface area contributed by atoms with Gasteiger partial charge in [-0.3, -0.25) is 0 Å². The molecule has 0 saturated carbocycles. The first kappa shape index (κ1) is 13.3. The van der Waals surface area contributed by atoms with E-state index in [2.05, 4.69) is 0 Å². The summed E-state index contributed by atoms with van der Waals surface area (Å²) >= 11 is 0. The number of ether oxygens (including phenoxy) is 1. The Morgan fingerprint density at radius 2 is 2.06 bits per heavy atom. The van der Waals surface area contributed by atoms with Crippen LogP contribution in [0.25, 0.3) is 0 Å². The van der Waals surface area contributed by atoms with E-state index in [0.29, 0.717) is 17.3 Å². The van der Waals surface area contributed by atoms with Crippen molar-refractivity contribution in [2.75, 3.05) is 25.2 Å². The highest BCUT2D eigenvalue weighted by Crippen LogP contribution is 2.26. The molecule has 100 valence electrons. The number of hydrogen-bond donors (Lipinski definition) is 1. The first-order valence-corrected chi connectivity index (χ1v) is 6.37. The summed E-state index contributed by atoms with van der Waals surface area (Å²) in [7, 11) is 1.91. The van der Waals surface area contributed by atoms with Crippen LogP contribution in [0.5, 0.6) is 0 Å². The van der Waals surface area contributed by atoms with Gasteiger partial charge in [0.2, 0.25) is 0 Å². The third-order valence-electron chi connectivity index (χ3n) is 3.57. The normalized spacial score (nSPS) is 18.7. The number of aliphatic hydroxyl groups is 1. The van der Waals surface area contributed by atoms with Gasteiger partial charge in [0.25, 0.3) is 0 Å². The third kappa shape index (κ3) is 2.82. The highest BCUT2D eigenvalue weighted by Gasteiger charge is 2.21. The second-order valence-corrected chi connectivity index (χ2v) is 4.84. The largest absolute Gasteiger partial charge is 0.389 e. The molecular formula is C14H20FNO2. The lowest BCUT2D eigenvalue weighted by Crippen LogP contribution is -2.37. The standard InChI is InChI=1S/C14H20FNO2/c1-10(17)11-3-4-14(13(15)9-11)16(2)12-5-7-18-8-6-12/h3-4,9-10,12,17H,5-8H2,1-2H3/t10-/m1/s1. The molecule has 1 fully saturated rings. The van der Waals surface area contributed by atoms with Gasteiger partial charge in [-0.1, -0.05) is 6.07 Å². The van der Waals surface area contributed by atoms with Gasteiger partial charge in [0.1, 0.15) is 5.82 Å². The Balaban J connectivity index is 2.16. The van der Waals surface area contributed by atoms with Gasteiger partial charge in [0.05, 0.1) is 11.8 Å². The van der Waals surface area contributed by atoms with Crippen LogP contribution in [0.1, 0.15) is 31.4 Å². The van der Waals surface area contributed by atoms with Crippen molar-refractivity contribution in [3.05, 3.63) is 29.6 Å². The zero-order chi connectivity index (χ0) is 13.1. The predicted molar refractivity (Wildman–Crippen MR) is 69.3 cm³/mol. The minimum Gasteiger partial charge on any atom is -0.389 e. The monoisotopic (exact) mass is 253 g/mol. The van der Waals surface area contributed by atoms with Crippen molar-refractivity contribution in [3.8, 4) is 0 Å². The van der Waals surface area contributed by atoms with Crippen molar-refractivity contribution < 1.29 is 14.2 Å². The molecule has 1 aromatic rings. The Hall–Kier alpha value is -1.13. The van der Waals surface area contributed by atoms with Crippen molar-refractivity contribution in [3.63, 3.8) is 0 Å². The molecule has 0 spiro atoms. The van der Waals surface area contributed by atoms with E-state index in [1.165, 1.54) is 6.07 Å². The van der Waals surface area contributed by atoms with Crippen LogP contribution in [-0.2, 0) is 4.74 Å². The molecule has 1 N–H and O–H groups in total. The Labute approximate surface area is 107 Å². The van der Waals surface area contributed by atoms with E-state index < -0.39 is 6.10 Å². The molecule has 3 nitrogen and oxygen atoms in total. The van der Waals surface area contributed by atoms with Crippen molar-refractivity contribution in [2.45, 2.75) is 31.9 Å². The predicted octanol–water partition coefficient (Wildman–Crippen LogP) is 2.49. The number of anilines is 1. The molecule has 0 amide bonds. The molecule has 2 rings (SSSR count). The van der Waals surface area contributed by atoms with Crippen LogP contribution in [0.3, 0.4) is 0 Å². The zero-order valence-electron chi connectivity index (χ0n) is 10.9. The molecule has 1 saturated heterocycles. The van der Waals surface area contributed by atoms with Gasteiger partial charge in [0.15, 0.2) is 0 Å². The number of nitrogens with zero attached hydrogens (tertiary/aromatic N) is 1. The number of halogens is 1. The van der Waals surface area contributed by atoms with Crippen LogP contribution >= 0.6 is 0 Å². The summed E-state index contributed by atoms with van der Waals surface area (Å²) in [6.45, 7) is 3.11. The lowest BCUT2D eigenvalue weighted by Gasteiger charge is -2.33. The molecule has 0 aliphatic carbocycles. The fraction of sp³-hybridized carbons (Fsp3) is 0.571. The maximum Gasteiger partial charge on any atom is 0.146 e. The van der Waals surface area contributed by atoms with E-state index in [1.807, 2.05) is 11.9 Å². The summed E-state index contributed by atoms with van der Waals surface area (Å²) in [5.41, 5.74) is 1.20. The van der Waals surface area contributed by atoms with Crippen LogP contribution in [-0.4, -0.2) is 31.4 Å². The van der Waals surface area contributed by atoms with Gasteiger partial charge in [0, 0.05) is 26.3 Å². The van der Waals surface area contributed by atoms with Crippen molar-refractivity contribution in [1.82, 2.24) is 0 Å². The molecule has 0 radical (unpaired) electrons. The fourth-order valence-corrected chi connectivity index (χ4v) is 2.34. The average molecular weight is 253 g/mol. The van der Waals surface area contributed by atoms with Crippen LogP contribution in [0.15, 0.2) is 18.2 Å². The average Bonchev–Trinajstić information content (AvgIpc) is 2.38. The summed E-state index contributed by atoms with van der Waals surface area (Å²) in [6, 6.07) is 5.26. The summed E-state index contributed by atoms with van der Waals surface area (Å²) < 4.78 is 19.3. The van der Waals surface area contributed by atoms with Crippen molar-refractivity contribution >= 4 is 5.69 Å². The minimum absolute atomic E-state index is 0.276. The minimum atomic E-state index is -0.637. The summed E-state index contributed by atoms with van der Waals surface area (Å²) in [5, 5.41) is 9.43. The van der Waals surface area contributed by atoms with Gasteiger partial charge < -0.3 is 14.7 Å². The van der Waals surface area contributed by atoms with E-state index in [-0.39, 0.29) is 5.82 Å². The Kier molecular flexibility index (Phi) is 4.19.